The fraction of sp³-hybridized carbons (Fsp3) is 0.222. The zero-order chi connectivity index (χ0) is 11.7. The lowest BCUT2D eigenvalue weighted by Gasteiger charge is -2.00. The van der Waals surface area contributed by atoms with Crippen LogP contribution in [0, 0.1) is 0 Å². The molecule has 4 N–H and O–H groups in total. The highest BCUT2D eigenvalue weighted by Crippen LogP contribution is 2.25. The number of aromatic nitrogens is 2. The molecular weight excluding hydrogens is 212 g/mol. The minimum atomic E-state index is -0.527. The minimum absolute atomic E-state index is 0.00485. The summed E-state index contributed by atoms with van der Waals surface area (Å²) < 4.78 is 9.90. The molecule has 0 aliphatic carbocycles. The van der Waals surface area contributed by atoms with Gasteiger partial charge >= 0.3 is 5.97 Å². The molecule has 2 aromatic heterocycles. The van der Waals surface area contributed by atoms with Gasteiger partial charge in [-0.1, -0.05) is 0 Å². The molecule has 0 amide bonds. The molecular formula is C9H10N4O3. The molecule has 7 heteroatoms. The number of esters is 1. The quantitative estimate of drug-likeness (QED) is 0.713. The van der Waals surface area contributed by atoms with Gasteiger partial charge in [-0.15, -0.1) is 0 Å². The highest BCUT2D eigenvalue weighted by Gasteiger charge is 2.19. The van der Waals surface area contributed by atoms with Gasteiger partial charge in [-0.3, -0.25) is 0 Å². The number of carbonyl (C=O) groups excluding carboxylic acids is 1. The van der Waals surface area contributed by atoms with Crippen LogP contribution in [0.25, 0.3) is 11.1 Å². The van der Waals surface area contributed by atoms with Gasteiger partial charge in [-0.25, -0.2) is 4.79 Å². The van der Waals surface area contributed by atoms with Gasteiger partial charge in [0, 0.05) is 0 Å². The average Bonchev–Trinajstić information content (AvgIpc) is 2.61. The predicted molar refractivity (Wildman–Crippen MR) is 56.6 cm³/mol. The van der Waals surface area contributed by atoms with Gasteiger partial charge in [-0.05, 0) is 6.92 Å². The Bertz CT molecular complexity index is 549. The van der Waals surface area contributed by atoms with Crippen LogP contribution in [-0.2, 0) is 4.74 Å². The number of rotatable bonds is 2. The van der Waals surface area contributed by atoms with Crippen LogP contribution >= 0.6 is 0 Å². The molecule has 2 rings (SSSR count). The van der Waals surface area contributed by atoms with Crippen molar-refractivity contribution in [2.75, 3.05) is 18.1 Å². The van der Waals surface area contributed by atoms with Crippen LogP contribution < -0.4 is 11.5 Å². The first kappa shape index (κ1) is 10.2. The van der Waals surface area contributed by atoms with Crippen molar-refractivity contribution in [2.45, 2.75) is 6.92 Å². The molecule has 0 radical (unpaired) electrons. The Balaban J connectivity index is 2.60. The second-order valence-corrected chi connectivity index (χ2v) is 3.02. The van der Waals surface area contributed by atoms with Crippen molar-refractivity contribution in [3.05, 3.63) is 11.8 Å². The van der Waals surface area contributed by atoms with Gasteiger partial charge in [0.25, 0.3) is 0 Å². The molecule has 16 heavy (non-hydrogen) atoms. The van der Waals surface area contributed by atoms with Crippen LogP contribution in [0.4, 0.5) is 11.8 Å². The Kier molecular flexibility index (Phi) is 2.35. The SMILES string of the molecule is CCOC(=O)c1coc2nc(N)nc(N)c12. The zero-order valence-electron chi connectivity index (χ0n) is 8.56. The molecule has 0 unspecified atom stereocenters. The third-order valence-corrected chi connectivity index (χ3v) is 1.97. The highest BCUT2D eigenvalue weighted by molar-refractivity contribution is 6.06. The standard InChI is InChI=1S/C9H10N4O3/c1-2-15-8(14)4-3-16-7-5(4)6(10)12-9(11)13-7/h3H,2H2,1H3,(H4,10,11,12,13). The molecule has 2 heterocycles. The molecule has 0 aliphatic rings. The van der Waals surface area contributed by atoms with Crippen LogP contribution in [-0.4, -0.2) is 22.5 Å². The van der Waals surface area contributed by atoms with Gasteiger partial charge in [0.2, 0.25) is 11.7 Å². The lowest BCUT2D eigenvalue weighted by Crippen LogP contribution is -2.06. The van der Waals surface area contributed by atoms with Crippen molar-refractivity contribution in [3.63, 3.8) is 0 Å². The van der Waals surface area contributed by atoms with E-state index in [1.807, 2.05) is 0 Å². The Hall–Kier alpha value is -2.31. The predicted octanol–water partition coefficient (Wildman–Crippen LogP) is 0.564. The summed E-state index contributed by atoms with van der Waals surface area (Å²) in [7, 11) is 0. The molecule has 0 spiro atoms. The lowest BCUT2D eigenvalue weighted by atomic mass is 10.2. The van der Waals surface area contributed by atoms with E-state index in [0.29, 0.717) is 5.39 Å². The first-order chi connectivity index (χ1) is 7.63. The summed E-state index contributed by atoms with van der Waals surface area (Å²) in [5, 5.41) is 0.327. The summed E-state index contributed by atoms with van der Waals surface area (Å²) in [6, 6.07) is 0. The minimum Gasteiger partial charge on any atom is -0.462 e. The van der Waals surface area contributed by atoms with E-state index in [1.54, 1.807) is 6.92 Å². The van der Waals surface area contributed by atoms with E-state index < -0.39 is 5.97 Å². The molecule has 0 aliphatic heterocycles. The number of furan rings is 1. The molecule has 0 atom stereocenters. The molecule has 0 aromatic carbocycles. The Morgan fingerprint density at radius 3 is 2.94 bits per heavy atom. The molecule has 0 bridgehead atoms. The van der Waals surface area contributed by atoms with Gasteiger partial charge in [0.05, 0.1) is 12.0 Å². The number of carbonyl (C=O) groups is 1. The number of ether oxygens (including phenoxy) is 1. The van der Waals surface area contributed by atoms with Crippen molar-refractivity contribution in [2.24, 2.45) is 0 Å². The van der Waals surface area contributed by atoms with Crippen molar-refractivity contribution in [1.82, 2.24) is 9.97 Å². The van der Waals surface area contributed by atoms with Crippen molar-refractivity contribution >= 4 is 28.8 Å². The molecule has 0 saturated carbocycles. The van der Waals surface area contributed by atoms with E-state index >= 15 is 0 Å². The van der Waals surface area contributed by atoms with Crippen LogP contribution in [0.5, 0.6) is 0 Å². The Morgan fingerprint density at radius 2 is 2.25 bits per heavy atom. The number of nitrogens with two attached hydrogens (primary N) is 2. The summed E-state index contributed by atoms with van der Waals surface area (Å²) in [5.41, 5.74) is 11.4. The summed E-state index contributed by atoms with van der Waals surface area (Å²) in [5.74, 6) is -0.435. The normalized spacial score (nSPS) is 10.6. The van der Waals surface area contributed by atoms with Crippen LogP contribution in [0.2, 0.25) is 0 Å². The van der Waals surface area contributed by atoms with Crippen LogP contribution in [0.3, 0.4) is 0 Å². The first-order valence-corrected chi connectivity index (χ1v) is 4.60. The first-order valence-electron chi connectivity index (χ1n) is 4.60. The van der Waals surface area contributed by atoms with Crippen LogP contribution in [0.15, 0.2) is 10.7 Å². The maximum absolute atomic E-state index is 11.5. The lowest BCUT2D eigenvalue weighted by molar-refractivity contribution is 0.0527. The van der Waals surface area contributed by atoms with E-state index in [-0.39, 0.29) is 29.7 Å². The van der Waals surface area contributed by atoms with E-state index in [1.165, 1.54) is 6.26 Å². The summed E-state index contributed by atoms with van der Waals surface area (Å²) in [6.07, 6.45) is 1.23. The summed E-state index contributed by atoms with van der Waals surface area (Å²) >= 11 is 0. The van der Waals surface area contributed by atoms with Gasteiger partial charge in [-0.2, -0.15) is 9.97 Å². The Morgan fingerprint density at radius 1 is 1.50 bits per heavy atom. The molecule has 84 valence electrons. The zero-order valence-corrected chi connectivity index (χ0v) is 8.56. The maximum Gasteiger partial charge on any atom is 0.342 e. The second kappa shape index (κ2) is 3.69. The van der Waals surface area contributed by atoms with Crippen molar-refractivity contribution < 1.29 is 13.9 Å². The van der Waals surface area contributed by atoms with E-state index in [9.17, 15) is 4.79 Å². The number of anilines is 2. The van der Waals surface area contributed by atoms with Gasteiger partial charge in [0.1, 0.15) is 17.6 Å². The fourth-order valence-corrected chi connectivity index (χ4v) is 1.34. The monoisotopic (exact) mass is 222 g/mol. The third kappa shape index (κ3) is 1.52. The fourth-order valence-electron chi connectivity index (χ4n) is 1.34. The van der Waals surface area contributed by atoms with E-state index in [0.717, 1.165) is 0 Å². The van der Waals surface area contributed by atoms with Crippen molar-refractivity contribution in [1.29, 1.82) is 0 Å². The smallest absolute Gasteiger partial charge is 0.342 e. The summed E-state index contributed by atoms with van der Waals surface area (Å²) in [4.78, 5) is 19.1. The van der Waals surface area contributed by atoms with Crippen LogP contribution in [0.1, 0.15) is 17.3 Å². The largest absolute Gasteiger partial charge is 0.462 e. The molecule has 7 nitrogen and oxygen atoms in total. The Labute approximate surface area is 90.4 Å². The number of hydrogen-bond acceptors (Lipinski definition) is 7. The van der Waals surface area contributed by atoms with Gasteiger partial charge in [0.15, 0.2) is 0 Å². The highest BCUT2D eigenvalue weighted by atomic mass is 16.5. The third-order valence-electron chi connectivity index (χ3n) is 1.97. The number of hydrogen-bond donors (Lipinski definition) is 2. The number of nitrogens with zero attached hydrogens (tertiary/aromatic N) is 2. The molecule has 2 aromatic rings. The van der Waals surface area contributed by atoms with Gasteiger partial charge < -0.3 is 20.6 Å². The number of nitrogen functional groups attached to an aromatic ring is 2. The number of fused-ring (bicyclic) bond motifs is 1. The summed E-state index contributed by atoms with van der Waals surface area (Å²) in [6.45, 7) is 1.97. The topological polar surface area (TPSA) is 117 Å². The average molecular weight is 222 g/mol. The van der Waals surface area contributed by atoms with E-state index in [4.69, 9.17) is 20.6 Å². The molecule has 0 saturated heterocycles. The van der Waals surface area contributed by atoms with Crippen molar-refractivity contribution in [3.8, 4) is 0 Å². The molecule has 0 fully saturated rings. The maximum atomic E-state index is 11.5. The second-order valence-electron chi connectivity index (χ2n) is 3.02. The van der Waals surface area contributed by atoms with E-state index in [2.05, 4.69) is 9.97 Å².